The summed E-state index contributed by atoms with van der Waals surface area (Å²) in [5.41, 5.74) is 2.52. The van der Waals surface area contributed by atoms with Crippen LogP contribution < -0.4 is 0 Å². The summed E-state index contributed by atoms with van der Waals surface area (Å²) in [4.78, 5) is 0. The molecule has 61 valence electrons. The monoisotopic (exact) mass is 157 g/mol. The molecule has 0 amide bonds. The molecular weight excluding hydrogens is 144 g/mol. The van der Waals surface area contributed by atoms with Crippen molar-refractivity contribution in [1.29, 1.82) is 0 Å². The van der Waals surface area contributed by atoms with Crippen molar-refractivity contribution < 1.29 is 0 Å². The van der Waals surface area contributed by atoms with Crippen LogP contribution in [0, 0.1) is 12.5 Å². The smallest absolute Gasteiger partial charge is 0.00902 e. The molecule has 1 aromatic rings. The van der Waals surface area contributed by atoms with Gasteiger partial charge in [0.05, 0.1) is 0 Å². The molecular formula is C12H13. The number of hydrogen-bond acceptors (Lipinski definition) is 0. The van der Waals surface area contributed by atoms with Gasteiger partial charge in [0.1, 0.15) is 0 Å². The van der Waals surface area contributed by atoms with Gasteiger partial charge in [-0.15, -0.1) is 0 Å². The lowest BCUT2D eigenvalue weighted by atomic mass is 10.1. The molecule has 12 heavy (non-hydrogen) atoms. The summed E-state index contributed by atoms with van der Waals surface area (Å²) < 4.78 is 0. The fourth-order valence-corrected chi connectivity index (χ4v) is 1.77. The van der Waals surface area contributed by atoms with E-state index >= 15 is 0 Å². The highest BCUT2D eigenvalue weighted by atomic mass is 14.4. The first-order valence-corrected chi connectivity index (χ1v) is 4.43. The molecule has 0 aromatic heterocycles. The van der Waals surface area contributed by atoms with Crippen LogP contribution in [0.1, 0.15) is 24.8 Å². The minimum absolute atomic E-state index is 0.646. The average Bonchev–Trinajstić information content (AvgIpc) is 2.84. The van der Waals surface area contributed by atoms with Gasteiger partial charge in [-0.25, -0.2) is 0 Å². The van der Waals surface area contributed by atoms with E-state index in [-0.39, 0.29) is 0 Å². The molecule has 1 aliphatic rings. The molecule has 1 aliphatic carbocycles. The summed E-state index contributed by atoms with van der Waals surface area (Å²) in [5.74, 6) is 1.35. The standard InChI is InChI=1S/C12H13/c1-9(2)11-8-12(11)10-6-4-3-5-7-10/h1,3-7,11-12H,8H2,2H3/t11-,12-/m1/s1. The first kappa shape index (κ1) is 7.60. The lowest BCUT2D eigenvalue weighted by molar-refractivity contribution is 0.941. The molecule has 1 fully saturated rings. The molecule has 0 unspecified atom stereocenters. The van der Waals surface area contributed by atoms with Crippen LogP contribution in [-0.4, -0.2) is 0 Å². The normalized spacial score (nSPS) is 26.8. The van der Waals surface area contributed by atoms with Crippen LogP contribution >= 0.6 is 0 Å². The summed E-state index contributed by atoms with van der Waals surface area (Å²) in [5, 5.41) is 0. The topological polar surface area (TPSA) is 0 Å². The summed E-state index contributed by atoms with van der Waals surface area (Å²) in [6, 6.07) is 10.6. The van der Waals surface area contributed by atoms with E-state index in [0.717, 1.165) is 5.57 Å². The zero-order valence-corrected chi connectivity index (χ0v) is 7.33. The average molecular weight is 157 g/mol. The van der Waals surface area contributed by atoms with Crippen LogP contribution in [-0.2, 0) is 0 Å². The molecule has 2 atom stereocenters. The van der Waals surface area contributed by atoms with Gasteiger partial charge in [0.25, 0.3) is 0 Å². The van der Waals surface area contributed by atoms with Crippen LogP contribution in [0.15, 0.2) is 35.9 Å². The van der Waals surface area contributed by atoms with Gasteiger partial charge in [-0.2, -0.15) is 0 Å². The minimum Gasteiger partial charge on any atom is -0.0696 e. The highest BCUT2D eigenvalue weighted by molar-refractivity contribution is 5.29. The Balaban J connectivity index is 2.11. The maximum atomic E-state index is 5.74. The van der Waals surface area contributed by atoms with Gasteiger partial charge in [0, 0.05) is 0 Å². The molecule has 0 heterocycles. The number of rotatable bonds is 2. The fourth-order valence-electron chi connectivity index (χ4n) is 1.77. The van der Waals surface area contributed by atoms with E-state index in [0.29, 0.717) is 11.8 Å². The largest absolute Gasteiger partial charge is 0.0696 e. The van der Waals surface area contributed by atoms with E-state index < -0.39 is 0 Å². The van der Waals surface area contributed by atoms with Crippen LogP contribution in [0.25, 0.3) is 0 Å². The predicted octanol–water partition coefficient (Wildman–Crippen LogP) is 3.17. The first-order valence-electron chi connectivity index (χ1n) is 4.43. The highest BCUT2D eigenvalue weighted by Crippen LogP contribution is 2.50. The van der Waals surface area contributed by atoms with Gasteiger partial charge >= 0.3 is 0 Å². The zero-order chi connectivity index (χ0) is 8.55. The van der Waals surface area contributed by atoms with Crippen molar-refractivity contribution in [1.82, 2.24) is 0 Å². The Morgan fingerprint density at radius 1 is 1.33 bits per heavy atom. The van der Waals surface area contributed by atoms with E-state index in [1.54, 1.807) is 0 Å². The van der Waals surface area contributed by atoms with E-state index in [2.05, 4.69) is 30.3 Å². The molecule has 0 spiro atoms. The summed E-state index contributed by atoms with van der Waals surface area (Å²) in [6.07, 6.45) is 1.24. The molecule has 2 rings (SSSR count). The van der Waals surface area contributed by atoms with Crippen molar-refractivity contribution in [3.05, 3.63) is 48.0 Å². The van der Waals surface area contributed by atoms with Crippen molar-refractivity contribution in [2.45, 2.75) is 19.3 Å². The third-order valence-corrected chi connectivity index (χ3v) is 2.60. The third-order valence-electron chi connectivity index (χ3n) is 2.60. The Bertz CT molecular complexity index is 284. The molecule has 0 heteroatoms. The summed E-state index contributed by atoms with van der Waals surface area (Å²) in [6.45, 7) is 7.76. The Morgan fingerprint density at radius 3 is 2.50 bits per heavy atom. The van der Waals surface area contributed by atoms with E-state index in [4.69, 9.17) is 6.58 Å². The molecule has 1 aromatic carbocycles. The Hall–Kier alpha value is -1.04. The predicted molar refractivity (Wildman–Crippen MR) is 50.8 cm³/mol. The van der Waals surface area contributed by atoms with Crippen LogP contribution in [0.5, 0.6) is 0 Å². The van der Waals surface area contributed by atoms with Crippen molar-refractivity contribution >= 4 is 0 Å². The second kappa shape index (κ2) is 2.78. The van der Waals surface area contributed by atoms with Crippen LogP contribution in [0.4, 0.5) is 0 Å². The molecule has 1 saturated carbocycles. The van der Waals surface area contributed by atoms with Gasteiger partial charge < -0.3 is 0 Å². The SMILES string of the molecule is [CH]=C(C)[C@H]1C[C@@H]1c1ccccc1. The second-order valence-electron chi connectivity index (χ2n) is 3.60. The summed E-state index contributed by atoms with van der Waals surface area (Å²) in [7, 11) is 0. The molecule has 0 N–H and O–H groups in total. The third kappa shape index (κ3) is 1.29. The lowest BCUT2D eigenvalue weighted by Gasteiger charge is -1.98. The molecule has 0 bridgehead atoms. The van der Waals surface area contributed by atoms with Gasteiger partial charge in [0.15, 0.2) is 0 Å². The van der Waals surface area contributed by atoms with Crippen molar-refractivity contribution in [2.75, 3.05) is 0 Å². The van der Waals surface area contributed by atoms with Gasteiger partial charge in [-0.3, -0.25) is 0 Å². The molecule has 0 aliphatic heterocycles. The first-order chi connectivity index (χ1) is 5.79. The highest BCUT2D eigenvalue weighted by Gasteiger charge is 2.38. The number of hydrogen-bond donors (Lipinski definition) is 0. The van der Waals surface area contributed by atoms with Gasteiger partial charge in [-0.05, 0) is 30.7 Å². The Labute approximate surface area is 73.9 Å². The van der Waals surface area contributed by atoms with Crippen molar-refractivity contribution in [3.63, 3.8) is 0 Å². The maximum Gasteiger partial charge on any atom is -0.00902 e. The molecule has 0 nitrogen and oxygen atoms in total. The van der Waals surface area contributed by atoms with Crippen molar-refractivity contribution in [3.8, 4) is 0 Å². The number of allylic oxidation sites excluding steroid dienone is 1. The zero-order valence-electron chi connectivity index (χ0n) is 7.33. The molecule has 0 saturated heterocycles. The molecule has 1 radical (unpaired) electrons. The van der Waals surface area contributed by atoms with E-state index in [1.807, 2.05) is 6.92 Å². The Kier molecular flexibility index (Phi) is 1.76. The van der Waals surface area contributed by atoms with E-state index in [9.17, 15) is 0 Å². The van der Waals surface area contributed by atoms with Crippen LogP contribution in [0.2, 0.25) is 0 Å². The second-order valence-corrected chi connectivity index (χ2v) is 3.60. The van der Waals surface area contributed by atoms with E-state index in [1.165, 1.54) is 12.0 Å². The van der Waals surface area contributed by atoms with Gasteiger partial charge in [0.2, 0.25) is 0 Å². The quantitative estimate of drug-likeness (QED) is 0.618. The van der Waals surface area contributed by atoms with Crippen molar-refractivity contribution in [2.24, 2.45) is 5.92 Å². The summed E-state index contributed by atoms with van der Waals surface area (Å²) >= 11 is 0. The van der Waals surface area contributed by atoms with Gasteiger partial charge in [-0.1, -0.05) is 42.5 Å². The fraction of sp³-hybridized carbons (Fsp3) is 0.333. The Morgan fingerprint density at radius 2 is 2.00 bits per heavy atom. The number of benzene rings is 1. The maximum absolute atomic E-state index is 5.74. The van der Waals surface area contributed by atoms with Crippen LogP contribution in [0.3, 0.4) is 0 Å². The lowest BCUT2D eigenvalue weighted by Crippen LogP contribution is -1.82. The minimum atomic E-state index is 0.646.